The smallest absolute Gasteiger partial charge is 0.408 e. The number of hydrogen-bond donors (Lipinski definition) is 2. The molecule has 47 heavy (non-hydrogen) atoms. The quantitative estimate of drug-likeness (QED) is 0.229. The first-order valence-corrected chi connectivity index (χ1v) is 18.1. The van der Waals surface area contributed by atoms with Crippen molar-refractivity contribution in [1.82, 2.24) is 10.6 Å². The lowest BCUT2D eigenvalue weighted by Gasteiger charge is -2.47. The van der Waals surface area contributed by atoms with Crippen LogP contribution in [0.5, 0.6) is 0 Å². The Bertz CT molecular complexity index is 982. The van der Waals surface area contributed by atoms with E-state index in [9.17, 15) is 9.59 Å². The van der Waals surface area contributed by atoms with Gasteiger partial charge in [0.15, 0.2) is 25.0 Å². The van der Waals surface area contributed by atoms with Gasteiger partial charge in [0, 0.05) is 24.7 Å². The first-order chi connectivity index (χ1) is 22.0. The summed E-state index contributed by atoms with van der Waals surface area (Å²) < 4.78 is 44.6. The molecule has 3 fully saturated rings. The molecular formula is C36H66N2O9. The van der Waals surface area contributed by atoms with E-state index < -0.39 is 18.5 Å². The molecule has 3 aliphatic heterocycles. The number of ether oxygens (including phenoxy) is 7. The molecule has 0 aromatic rings. The largest absolute Gasteiger partial charge is 0.440 e. The molecule has 3 rings (SSSR count). The highest BCUT2D eigenvalue weighted by Crippen LogP contribution is 2.40. The molecule has 2 N–H and O–H groups in total. The maximum atomic E-state index is 12.8. The number of amides is 2. The summed E-state index contributed by atoms with van der Waals surface area (Å²) >= 11 is 0. The summed E-state index contributed by atoms with van der Waals surface area (Å²) in [6.45, 7) is 27.8. The van der Waals surface area contributed by atoms with Crippen LogP contribution in [0.2, 0.25) is 0 Å². The van der Waals surface area contributed by atoms with Crippen LogP contribution in [0, 0.1) is 53.3 Å². The molecular weight excluding hydrogens is 604 g/mol. The van der Waals surface area contributed by atoms with Crippen LogP contribution in [-0.2, 0) is 38.0 Å². The molecule has 0 aliphatic carbocycles. The van der Waals surface area contributed by atoms with Gasteiger partial charge >= 0.3 is 6.09 Å². The van der Waals surface area contributed by atoms with Gasteiger partial charge in [-0.2, -0.15) is 0 Å². The van der Waals surface area contributed by atoms with E-state index in [-0.39, 0.29) is 85.8 Å². The van der Waals surface area contributed by atoms with Crippen LogP contribution >= 0.6 is 0 Å². The summed E-state index contributed by atoms with van der Waals surface area (Å²) in [4.78, 5) is 24.1. The maximum absolute atomic E-state index is 12.8. The predicted molar refractivity (Wildman–Crippen MR) is 179 cm³/mol. The van der Waals surface area contributed by atoms with Crippen LogP contribution in [0.4, 0.5) is 4.79 Å². The fraction of sp³-hybridized carbons (Fsp3) is 0.944. The molecule has 11 nitrogen and oxygen atoms in total. The van der Waals surface area contributed by atoms with Gasteiger partial charge in [-0.1, -0.05) is 69.2 Å². The van der Waals surface area contributed by atoms with E-state index in [2.05, 4.69) is 72.9 Å². The number of alkyl carbamates (subject to hydrolysis) is 1. The van der Waals surface area contributed by atoms with E-state index >= 15 is 0 Å². The maximum Gasteiger partial charge on any atom is 0.408 e. The second-order valence-corrected chi connectivity index (χ2v) is 15.4. The highest BCUT2D eigenvalue weighted by atomic mass is 16.7. The van der Waals surface area contributed by atoms with E-state index in [1.807, 2.05) is 20.8 Å². The lowest BCUT2D eigenvalue weighted by atomic mass is 9.77. The Morgan fingerprint density at radius 1 is 0.617 bits per heavy atom. The van der Waals surface area contributed by atoms with Crippen molar-refractivity contribution in [3.63, 3.8) is 0 Å². The second-order valence-electron chi connectivity index (χ2n) is 15.4. The first kappa shape index (κ1) is 39.9. The topological polar surface area (TPSA) is 123 Å². The van der Waals surface area contributed by atoms with Crippen LogP contribution in [0.3, 0.4) is 0 Å². The Kier molecular flexibility index (Phi) is 15.2. The molecule has 274 valence electrons. The summed E-state index contributed by atoms with van der Waals surface area (Å²) in [6, 6.07) is 0. The van der Waals surface area contributed by atoms with Gasteiger partial charge < -0.3 is 43.8 Å². The lowest BCUT2D eigenvalue weighted by Crippen LogP contribution is -2.56. The molecule has 0 aromatic carbocycles. The number of carbonyl (C=O) groups is 2. The number of nitrogens with one attached hydrogen (secondary N) is 2. The van der Waals surface area contributed by atoms with Crippen LogP contribution in [0.15, 0.2) is 0 Å². The van der Waals surface area contributed by atoms with Crippen molar-refractivity contribution < 1.29 is 42.7 Å². The van der Waals surface area contributed by atoms with Crippen LogP contribution in [-0.4, -0.2) is 81.3 Å². The van der Waals surface area contributed by atoms with Crippen LogP contribution in [0.1, 0.15) is 96.4 Å². The van der Waals surface area contributed by atoms with Crippen molar-refractivity contribution in [2.24, 2.45) is 53.3 Å². The Hall–Kier alpha value is -1.50. The van der Waals surface area contributed by atoms with Crippen molar-refractivity contribution in [3.05, 3.63) is 0 Å². The summed E-state index contributed by atoms with van der Waals surface area (Å²) in [6.07, 6.45) is -2.25. The fourth-order valence-electron chi connectivity index (χ4n) is 7.04. The minimum absolute atomic E-state index is 0.0146. The molecule has 11 heteroatoms. The summed E-state index contributed by atoms with van der Waals surface area (Å²) in [5.74, 6) is 2.08. The molecule has 2 amide bonds. The van der Waals surface area contributed by atoms with Crippen molar-refractivity contribution in [2.75, 3.05) is 19.9 Å². The second kappa shape index (κ2) is 17.9. The Morgan fingerprint density at radius 3 is 1.66 bits per heavy atom. The predicted octanol–water partition coefficient (Wildman–Crippen LogP) is 5.94. The van der Waals surface area contributed by atoms with Gasteiger partial charge in [-0.3, -0.25) is 4.79 Å². The van der Waals surface area contributed by atoms with Crippen molar-refractivity contribution in [1.29, 1.82) is 0 Å². The lowest BCUT2D eigenvalue weighted by molar-refractivity contribution is -0.315. The van der Waals surface area contributed by atoms with E-state index in [0.717, 1.165) is 6.42 Å². The number of carbonyl (C=O) groups excluding carboxylic acids is 2. The normalized spacial score (nSPS) is 41.1. The minimum Gasteiger partial charge on any atom is -0.440 e. The zero-order chi connectivity index (χ0) is 35.2. The average Bonchev–Trinajstić information content (AvgIpc) is 2.99. The standard InChI is InChI=1S/C36H66N2O9/c1-18(2)14-29-22(7)20(5)26(11)33(44-29)41-15-31-24(9)25(10)32(47-36(40)38-17-37-28(13)39)35(46-31)42-16-30-23(8)21(6)27(12)34(45-30)43-19(3)4/h18-27,29-35H,14-17H2,1-13H3,(H,37,39)(H,38,40)/t20-,21-,22+,23+,24+,25-,26?,27?,29?,30?,31?,32?,33-,34-,35-/m1/s1. The molecule has 3 heterocycles. The number of rotatable bonds is 13. The van der Waals surface area contributed by atoms with Crippen molar-refractivity contribution in [3.8, 4) is 0 Å². The van der Waals surface area contributed by atoms with E-state index in [1.165, 1.54) is 6.92 Å². The van der Waals surface area contributed by atoms with E-state index in [0.29, 0.717) is 30.3 Å². The zero-order valence-corrected chi connectivity index (χ0v) is 31.3. The van der Waals surface area contributed by atoms with Gasteiger partial charge in [-0.05, 0) is 55.8 Å². The number of hydrogen-bond acceptors (Lipinski definition) is 9. The highest BCUT2D eigenvalue weighted by Gasteiger charge is 2.47. The Labute approximate surface area is 284 Å². The third-order valence-electron chi connectivity index (χ3n) is 11.3. The first-order valence-electron chi connectivity index (χ1n) is 18.1. The van der Waals surface area contributed by atoms with Crippen molar-refractivity contribution in [2.45, 2.75) is 146 Å². The minimum atomic E-state index is -0.853. The highest BCUT2D eigenvalue weighted by molar-refractivity contribution is 5.73. The van der Waals surface area contributed by atoms with Gasteiger partial charge in [-0.25, -0.2) is 4.79 Å². The Morgan fingerprint density at radius 2 is 1.11 bits per heavy atom. The summed E-state index contributed by atoms with van der Waals surface area (Å²) in [5, 5.41) is 5.14. The third kappa shape index (κ3) is 10.7. The van der Waals surface area contributed by atoms with E-state index in [4.69, 9.17) is 33.2 Å². The monoisotopic (exact) mass is 670 g/mol. The van der Waals surface area contributed by atoms with Crippen LogP contribution in [0.25, 0.3) is 0 Å². The Balaban J connectivity index is 1.74. The SMILES string of the molecule is CC(=O)NCNC(=O)OC1[C@H](OCC2O[C@@H](OC(C)C)C(C)[C@H](C)[C@@H]2C)OC(CO[C@@H]2OC(CC(C)C)[C@@H](C)[C@@H](C)C2C)[C@@H](C)[C@H]1C. The fourth-order valence-corrected chi connectivity index (χ4v) is 7.04. The summed E-state index contributed by atoms with van der Waals surface area (Å²) in [5.41, 5.74) is 0. The molecule has 0 spiro atoms. The molecule has 0 radical (unpaired) electrons. The molecule has 15 atom stereocenters. The summed E-state index contributed by atoms with van der Waals surface area (Å²) in [7, 11) is 0. The molecule has 3 aliphatic rings. The molecule has 0 saturated carbocycles. The zero-order valence-electron chi connectivity index (χ0n) is 31.3. The van der Waals surface area contributed by atoms with E-state index in [1.54, 1.807) is 0 Å². The van der Waals surface area contributed by atoms with Gasteiger partial charge in [0.1, 0.15) is 0 Å². The molecule has 0 aromatic heterocycles. The third-order valence-corrected chi connectivity index (χ3v) is 11.3. The van der Waals surface area contributed by atoms with Crippen LogP contribution < -0.4 is 10.6 Å². The molecule has 3 saturated heterocycles. The van der Waals surface area contributed by atoms with Gasteiger partial charge in [0.25, 0.3) is 0 Å². The molecule has 6 unspecified atom stereocenters. The van der Waals surface area contributed by atoms with Crippen molar-refractivity contribution >= 4 is 12.0 Å². The molecule has 0 bridgehead atoms. The average molecular weight is 671 g/mol. The van der Waals surface area contributed by atoms with Gasteiger partial charge in [0.2, 0.25) is 5.91 Å². The van der Waals surface area contributed by atoms with Gasteiger partial charge in [-0.15, -0.1) is 0 Å². The van der Waals surface area contributed by atoms with Gasteiger partial charge in [0.05, 0.1) is 44.3 Å².